The SMILES string of the molecule is c1ccc(-c2cccc(C3=NC(c4cccc(-c5ccc6c7ccccc7c7ccccc7c6c5)c4)=NCN3)c2)cc1. The molecule has 3 heteroatoms. The van der Waals surface area contributed by atoms with E-state index >= 15 is 0 Å². The van der Waals surface area contributed by atoms with Gasteiger partial charge in [0.05, 0.1) is 0 Å². The predicted octanol–water partition coefficient (Wildman–Crippen LogP) is 9.23. The minimum Gasteiger partial charge on any atom is -0.350 e. The Kier molecular flexibility index (Phi) is 5.86. The first-order chi connectivity index (χ1) is 20.8. The zero-order chi connectivity index (χ0) is 27.9. The van der Waals surface area contributed by atoms with Crippen molar-refractivity contribution in [3.8, 4) is 22.3 Å². The molecule has 0 aliphatic carbocycles. The summed E-state index contributed by atoms with van der Waals surface area (Å²) in [6, 6.07) is 51.8. The zero-order valence-corrected chi connectivity index (χ0v) is 23.0. The third-order valence-corrected chi connectivity index (χ3v) is 8.13. The first kappa shape index (κ1) is 24.3. The first-order valence-corrected chi connectivity index (χ1v) is 14.3. The van der Waals surface area contributed by atoms with Crippen molar-refractivity contribution in [2.24, 2.45) is 9.98 Å². The molecule has 0 atom stereocenters. The quantitative estimate of drug-likeness (QED) is 0.223. The molecule has 0 amide bonds. The number of amidine groups is 2. The van der Waals surface area contributed by atoms with Crippen LogP contribution in [0.1, 0.15) is 11.1 Å². The van der Waals surface area contributed by atoms with E-state index in [-0.39, 0.29) is 0 Å². The number of rotatable bonds is 4. The molecule has 7 aromatic rings. The molecule has 8 rings (SSSR count). The van der Waals surface area contributed by atoms with Crippen molar-refractivity contribution in [3.63, 3.8) is 0 Å². The molecule has 0 aromatic heterocycles. The van der Waals surface area contributed by atoms with Crippen LogP contribution in [0.2, 0.25) is 0 Å². The summed E-state index contributed by atoms with van der Waals surface area (Å²) >= 11 is 0. The maximum Gasteiger partial charge on any atom is 0.158 e. The number of nitrogens with one attached hydrogen (secondary N) is 1. The maximum atomic E-state index is 4.97. The second-order valence-corrected chi connectivity index (χ2v) is 10.7. The number of hydrogen-bond donors (Lipinski definition) is 1. The van der Waals surface area contributed by atoms with Gasteiger partial charge in [-0.05, 0) is 72.8 Å². The third kappa shape index (κ3) is 4.23. The summed E-state index contributed by atoms with van der Waals surface area (Å²) in [7, 11) is 0. The number of benzene rings is 7. The molecule has 0 bridgehead atoms. The van der Waals surface area contributed by atoms with Gasteiger partial charge in [0.2, 0.25) is 0 Å². The molecule has 1 aliphatic heterocycles. The molecule has 0 saturated carbocycles. The number of fused-ring (bicyclic) bond motifs is 6. The Balaban J connectivity index is 1.18. The normalized spacial score (nSPS) is 13.1. The Hall–Kier alpha value is -5.54. The van der Waals surface area contributed by atoms with Crippen LogP contribution in [0.4, 0.5) is 0 Å². The molecule has 1 aliphatic rings. The Morgan fingerprint density at radius 3 is 1.60 bits per heavy atom. The molecule has 42 heavy (non-hydrogen) atoms. The van der Waals surface area contributed by atoms with Gasteiger partial charge >= 0.3 is 0 Å². The highest BCUT2D eigenvalue weighted by molar-refractivity contribution is 6.25. The van der Waals surface area contributed by atoms with Gasteiger partial charge < -0.3 is 5.32 Å². The molecule has 0 spiro atoms. The van der Waals surface area contributed by atoms with E-state index in [1.165, 1.54) is 49.0 Å². The Morgan fingerprint density at radius 1 is 0.381 bits per heavy atom. The van der Waals surface area contributed by atoms with E-state index in [0.717, 1.165) is 28.4 Å². The van der Waals surface area contributed by atoms with Gasteiger partial charge in [-0.2, -0.15) is 0 Å². The van der Waals surface area contributed by atoms with Gasteiger partial charge in [-0.1, -0.05) is 127 Å². The Bertz CT molecular complexity index is 2160. The molecule has 0 radical (unpaired) electrons. The van der Waals surface area contributed by atoms with Crippen LogP contribution in [-0.4, -0.2) is 18.3 Å². The fourth-order valence-electron chi connectivity index (χ4n) is 6.09. The van der Waals surface area contributed by atoms with Crippen LogP contribution in [-0.2, 0) is 0 Å². The van der Waals surface area contributed by atoms with Gasteiger partial charge in [0, 0.05) is 11.1 Å². The highest BCUT2D eigenvalue weighted by atomic mass is 15.2. The molecule has 0 unspecified atom stereocenters. The molecule has 7 aromatic carbocycles. The fraction of sp³-hybridized carbons (Fsp3) is 0.0256. The summed E-state index contributed by atoms with van der Waals surface area (Å²) in [5, 5.41) is 11.1. The lowest BCUT2D eigenvalue weighted by molar-refractivity contribution is 0.907. The number of hydrogen-bond acceptors (Lipinski definition) is 3. The summed E-state index contributed by atoms with van der Waals surface area (Å²) < 4.78 is 0. The van der Waals surface area contributed by atoms with Crippen molar-refractivity contribution in [1.29, 1.82) is 0 Å². The van der Waals surface area contributed by atoms with Crippen LogP contribution in [0.5, 0.6) is 0 Å². The average Bonchev–Trinajstić information content (AvgIpc) is 3.09. The molecule has 3 nitrogen and oxygen atoms in total. The van der Waals surface area contributed by atoms with Crippen molar-refractivity contribution >= 4 is 44.0 Å². The Morgan fingerprint density at radius 2 is 0.881 bits per heavy atom. The molecule has 1 heterocycles. The lowest BCUT2D eigenvalue weighted by Crippen LogP contribution is -2.30. The summed E-state index contributed by atoms with van der Waals surface area (Å²) in [6.07, 6.45) is 0. The van der Waals surface area contributed by atoms with E-state index in [1.807, 2.05) is 6.07 Å². The van der Waals surface area contributed by atoms with Crippen molar-refractivity contribution < 1.29 is 0 Å². The lowest BCUT2D eigenvalue weighted by atomic mass is 9.92. The third-order valence-electron chi connectivity index (χ3n) is 8.13. The topological polar surface area (TPSA) is 36.8 Å². The highest BCUT2D eigenvalue weighted by Crippen LogP contribution is 2.37. The van der Waals surface area contributed by atoms with Crippen molar-refractivity contribution in [2.75, 3.05) is 6.67 Å². The minimum absolute atomic E-state index is 0.489. The lowest BCUT2D eigenvalue weighted by Gasteiger charge is -2.16. The monoisotopic (exact) mass is 537 g/mol. The largest absolute Gasteiger partial charge is 0.350 e. The predicted molar refractivity (Wildman–Crippen MR) is 177 cm³/mol. The molecule has 1 N–H and O–H groups in total. The minimum atomic E-state index is 0.489. The van der Waals surface area contributed by atoms with Crippen LogP contribution in [0.3, 0.4) is 0 Å². The standard InChI is InChI=1S/C39H27N3/c1-2-10-26(11-3-1)27-12-8-14-30(22-27)38-40-25-41-39(42-38)31-15-9-13-28(23-31)29-20-21-36-34-18-5-4-16-32(34)33-17-6-7-19-35(33)37(36)24-29/h1-24H,25H2,(H,40,41,42). The molecular weight excluding hydrogens is 510 g/mol. The van der Waals surface area contributed by atoms with Crippen molar-refractivity contribution in [2.45, 2.75) is 0 Å². The van der Waals surface area contributed by atoms with E-state index in [1.54, 1.807) is 0 Å². The van der Waals surface area contributed by atoms with Gasteiger partial charge in [-0.15, -0.1) is 0 Å². The Labute approximate surface area is 244 Å². The summed E-state index contributed by atoms with van der Waals surface area (Å²) in [5.74, 6) is 1.58. The van der Waals surface area contributed by atoms with Crippen LogP contribution < -0.4 is 5.32 Å². The first-order valence-electron chi connectivity index (χ1n) is 14.3. The summed E-state index contributed by atoms with van der Waals surface area (Å²) in [6.45, 7) is 0.489. The van der Waals surface area contributed by atoms with Crippen molar-refractivity contribution in [3.05, 3.63) is 157 Å². The van der Waals surface area contributed by atoms with E-state index < -0.39 is 0 Å². The van der Waals surface area contributed by atoms with Crippen LogP contribution in [0.25, 0.3) is 54.6 Å². The summed E-state index contributed by atoms with van der Waals surface area (Å²) in [5.41, 5.74) is 6.74. The maximum absolute atomic E-state index is 4.97. The zero-order valence-electron chi connectivity index (χ0n) is 23.0. The molecule has 0 fully saturated rings. The average molecular weight is 538 g/mol. The molecular formula is C39H27N3. The van der Waals surface area contributed by atoms with Gasteiger partial charge in [0.25, 0.3) is 0 Å². The van der Waals surface area contributed by atoms with Gasteiger partial charge in [0.1, 0.15) is 12.5 Å². The summed E-state index contributed by atoms with van der Waals surface area (Å²) in [4.78, 5) is 9.71. The number of nitrogens with zero attached hydrogens (tertiary/aromatic N) is 2. The van der Waals surface area contributed by atoms with Crippen LogP contribution >= 0.6 is 0 Å². The van der Waals surface area contributed by atoms with Gasteiger partial charge in [0.15, 0.2) is 5.84 Å². The number of aliphatic imine (C=N–C) groups is 2. The second-order valence-electron chi connectivity index (χ2n) is 10.7. The van der Waals surface area contributed by atoms with Gasteiger partial charge in [-0.3, -0.25) is 0 Å². The smallest absolute Gasteiger partial charge is 0.158 e. The van der Waals surface area contributed by atoms with Crippen LogP contribution in [0.15, 0.2) is 156 Å². The van der Waals surface area contributed by atoms with E-state index in [4.69, 9.17) is 9.98 Å². The van der Waals surface area contributed by atoms with E-state index in [9.17, 15) is 0 Å². The highest BCUT2D eigenvalue weighted by Gasteiger charge is 2.14. The van der Waals surface area contributed by atoms with Gasteiger partial charge in [-0.25, -0.2) is 9.98 Å². The fourth-order valence-corrected chi connectivity index (χ4v) is 6.09. The van der Waals surface area contributed by atoms with Crippen LogP contribution in [0, 0.1) is 0 Å². The van der Waals surface area contributed by atoms with E-state index in [2.05, 4.69) is 145 Å². The van der Waals surface area contributed by atoms with Crippen molar-refractivity contribution in [1.82, 2.24) is 5.32 Å². The van der Waals surface area contributed by atoms with E-state index in [0.29, 0.717) is 6.67 Å². The second kappa shape index (κ2) is 10.1. The molecule has 198 valence electrons. The molecule has 0 saturated heterocycles.